The molecule has 0 bridgehead atoms. The smallest absolute Gasteiger partial charge is 0.264 e. The fraction of sp³-hybridized carbons (Fsp3) is 0.105. The second kappa shape index (κ2) is 9.25. The monoisotopic (exact) mass is 398 g/mol. The zero-order chi connectivity index (χ0) is 19.1. The molecule has 0 unspecified atom stereocenters. The van der Waals surface area contributed by atoms with Crippen LogP contribution in [0.25, 0.3) is 6.08 Å². The fourth-order valence-corrected chi connectivity index (χ4v) is 3.31. The Morgan fingerprint density at radius 3 is 2.70 bits per heavy atom. The molecule has 0 fully saturated rings. The normalized spacial score (nSPS) is 11.9. The van der Waals surface area contributed by atoms with E-state index in [9.17, 15) is 0 Å². The van der Waals surface area contributed by atoms with Crippen molar-refractivity contribution in [3.05, 3.63) is 76.8 Å². The Hall–Kier alpha value is -2.77. The van der Waals surface area contributed by atoms with Gasteiger partial charge in [-0.3, -0.25) is 0 Å². The predicted octanol–water partition coefficient (Wildman–Crippen LogP) is 4.44. The van der Waals surface area contributed by atoms with E-state index in [1.165, 1.54) is 16.4 Å². The van der Waals surface area contributed by atoms with Crippen molar-refractivity contribution in [2.75, 3.05) is 11.3 Å². The Bertz CT molecular complexity index is 952. The van der Waals surface area contributed by atoms with Gasteiger partial charge in [-0.25, -0.2) is 10.1 Å². The molecular formula is C19H19ClN6S. The third kappa shape index (κ3) is 5.35. The molecule has 27 heavy (non-hydrogen) atoms. The molecule has 0 aliphatic rings. The van der Waals surface area contributed by atoms with Crippen LogP contribution >= 0.6 is 23.4 Å². The van der Waals surface area contributed by atoms with Gasteiger partial charge in [-0.05, 0) is 30.2 Å². The second-order valence-electron chi connectivity index (χ2n) is 5.67. The number of rotatable bonds is 7. The highest BCUT2D eigenvalue weighted by Gasteiger charge is 2.10. The highest BCUT2D eigenvalue weighted by atomic mass is 35.5. The molecule has 3 rings (SSSR count). The Morgan fingerprint density at radius 1 is 1.19 bits per heavy atom. The Balaban J connectivity index is 1.60. The summed E-state index contributed by atoms with van der Waals surface area (Å²) >= 11 is 7.62. The summed E-state index contributed by atoms with van der Waals surface area (Å²) in [4.78, 5) is 0. The Morgan fingerprint density at radius 2 is 1.93 bits per heavy atom. The van der Waals surface area contributed by atoms with E-state index < -0.39 is 0 Å². The molecule has 0 radical (unpaired) electrons. The first-order chi connectivity index (χ1) is 13.1. The largest absolute Gasteiger partial charge is 0.334 e. The lowest BCUT2D eigenvalue weighted by molar-refractivity contribution is 0.846. The number of thioether (sulfide) groups is 1. The molecule has 8 heteroatoms. The Kier molecular flexibility index (Phi) is 6.51. The molecular weight excluding hydrogens is 380 g/mol. The molecule has 0 aliphatic heterocycles. The van der Waals surface area contributed by atoms with Crippen molar-refractivity contribution in [3.8, 4) is 0 Å². The minimum absolute atomic E-state index is 0.365. The van der Waals surface area contributed by atoms with Gasteiger partial charge in [-0.1, -0.05) is 78.0 Å². The van der Waals surface area contributed by atoms with Crippen molar-refractivity contribution in [2.45, 2.75) is 17.8 Å². The third-order valence-electron chi connectivity index (χ3n) is 3.63. The van der Waals surface area contributed by atoms with Crippen molar-refractivity contribution in [1.82, 2.24) is 14.9 Å². The van der Waals surface area contributed by atoms with Crippen molar-refractivity contribution in [3.63, 3.8) is 0 Å². The van der Waals surface area contributed by atoms with Crippen LogP contribution in [-0.4, -0.2) is 20.6 Å². The van der Waals surface area contributed by atoms with Crippen LogP contribution in [0.4, 0.5) is 5.95 Å². The summed E-state index contributed by atoms with van der Waals surface area (Å²) < 4.78 is 1.37. The van der Waals surface area contributed by atoms with Crippen LogP contribution in [0.3, 0.4) is 0 Å². The molecule has 3 N–H and O–H groups in total. The summed E-state index contributed by atoms with van der Waals surface area (Å²) in [5, 5.41) is 13.7. The van der Waals surface area contributed by atoms with Gasteiger partial charge in [0.2, 0.25) is 5.16 Å². The first-order valence-electron chi connectivity index (χ1n) is 8.23. The number of hydrazone groups is 1. The van der Waals surface area contributed by atoms with Gasteiger partial charge in [0.15, 0.2) is 0 Å². The molecule has 2 aromatic carbocycles. The molecule has 0 amide bonds. The lowest BCUT2D eigenvalue weighted by Gasteiger charge is -2.04. The van der Waals surface area contributed by atoms with E-state index in [2.05, 4.69) is 20.7 Å². The van der Waals surface area contributed by atoms with Gasteiger partial charge >= 0.3 is 0 Å². The van der Waals surface area contributed by atoms with Crippen LogP contribution in [0.15, 0.2) is 70.9 Å². The molecule has 0 atom stereocenters. The summed E-state index contributed by atoms with van der Waals surface area (Å²) in [6, 6.07) is 17.7. The summed E-state index contributed by atoms with van der Waals surface area (Å²) in [5.41, 5.74) is 5.74. The van der Waals surface area contributed by atoms with Gasteiger partial charge in [0.25, 0.3) is 5.95 Å². The average molecular weight is 399 g/mol. The topological polar surface area (TPSA) is 81.1 Å². The lowest BCUT2D eigenvalue weighted by atomic mass is 10.2. The summed E-state index contributed by atoms with van der Waals surface area (Å²) in [6.45, 7) is 1.89. The molecule has 3 aromatic rings. The van der Waals surface area contributed by atoms with E-state index in [0.717, 1.165) is 21.9 Å². The lowest BCUT2D eigenvalue weighted by Crippen LogP contribution is -2.13. The summed E-state index contributed by atoms with van der Waals surface area (Å²) in [7, 11) is 0. The van der Waals surface area contributed by atoms with E-state index >= 15 is 0 Å². The second-order valence-corrected chi connectivity index (χ2v) is 7.01. The first kappa shape index (κ1) is 19.0. The summed E-state index contributed by atoms with van der Waals surface area (Å²) in [5.74, 6) is 7.06. The Labute approximate surface area is 167 Å². The van der Waals surface area contributed by atoms with E-state index in [4.69, 9.17) is 17.4 Å². The van der Waals surface area contributed by atoms with Gasteiger partial charge in [0.05, 0.1) is 5.71 Å². The molecule has 1 aromatic heterocycles. The number of allylic oxidation sites excluding steroid dienone is 1. The SMILES string of the molecule is CC(/C=C/c1ccccc1)=N\Nc1nnc(SCc2ccccc2Cl)n1N. The number of nitrogens with two attached hydrogens (primary N) is 1. The fourth-order valence-electron chi connectivity index (χ4n) is 2.17. The standard InChI is InChI=1S/C19H19ClN6S/c1-14(11-12-15-7-3-2-4-8-15)22-23-18-24-25-19(26(18)21)27-13-16-9-5-6-10-17(16)20/h2-12H,13,21H2,1H3,(H,23,24)/b12-11+,22-14+. The molecule has 0 saturated carbocycles. The maximum absolute atomic E-state index is 6.17. The zero-order valence-corrected chi connectivity index (χ0v) is 16.3. The molecule has 0 spiro atoms. The molecule has 0 aliphatic carbocycles. The molecule has 1 heterocycles. The molecule has 0 saturated heterocycles. The quantitative estimate of drug-likeness (QED) is 0.266. The number of nitrogens with one attached hydrogen (secondary N) is 1. The highest BCUT2D eigenvalue weighted by Crippen LogP contribution is 2.25. The van der Waals surface area contributed by atoms with Gasteiger partial charge < -0.3 is 5.84 Å². The van der Waals surface area contributed by atoms with Crippen molar-refractivity contribution < 1.29 is 0 Å². The number of hydrogen-bond donors (Lipinski definition) is 2. The van der Waals surface area contributed by atoms with E-state index in [0.29, 0.717) is 16.9 Å². The number of nitrogen functional groups attached to an aromatic ring is 1. The van der Waals surface area contributed by atoms with Crippen molar-refractivity contribution >= 4 is 41.1 Å². The van der Waals surface area contributed by atoms with E-state index in [-0.39, 0.29) is 0 Å². The van der Waals surface area contributed by atoms with Crippen LogP contribution < -0.4 is 11.3 Å². The maximum atomic E-state index is 6.17. The number of aromatic nitrogens is 3. The first-order valence-corrected chi connectivity index (χ1v) is 9.60. The molecule has 6 nitrogen and oxygen atoms in total. The minimum atomic E-state index is 0.365. The minimum Gasteiger partial charge on any atom is -0.334 e. The van der Waals surface area contributed by atoms with Crippen molar-refractivity contribution in [2.24, 2.45) is 5.10 Å². The number of nitrogens with zero attached hydrogens (tertiary/aromatic N) is 4. The van der Waals surface area contributed by atoms with E-state index in [1.807, 2.05) is 73.7 Å². The van der Waals surface area contributed by atoms with Gasteiger partial charge in [-0.15, -0.1) is 10.2 Å². The van der Waals surface area contributed by atoms with Gasteiger partial charge in [-0.2, -0.15) is 5.10 Å². The van der Waals surface area contributed by atoms with Gasteiger partial charge in [0, 0.05) is 10.8 Å². The zero-order valence-electron chi connectivity index (χ0n) is 14.7. The average Bonchev–Trinajstić information content (AvgIpc) is 3.04. The molecule has 138 valence electrons. The predicted molar refractivity (Wildman–Crippen MR) is 113 cm³/mol. The number of halogens is 1. The van der Waals surface area contributed by atoms with Crippen molar-refractivity contribution in [1.29, 1.82) is 0 Å². The third-order valence-corrected chi connectivity index (χ3v) is 4.99. The maximum Gasteiger partial charge on any atom is 0.264 e. The number of benzene rings is 2. The van der Waals surface area contributed by atoms with Crippen LogP contribution in [0, 0.1) is 0 Å². The van der Waals surface area contributed by atoms with Crippen LogP contribution in [-0.2, 0) is 5.75 Å². The van der Waals surface area contributed by atoms with Crippen LogP contribution in [0.2, 0.25) is 5.02 Å². The van der Waals surface area contributed by atoms with Crippen LogP contribution in [0.1, 0.15) is 18.1 Å². The van der Waals surface area contributed by atoms with Gasteiger partial charge in [0.1, 0.15) is 0 Å². The highest BCUT2D eigenvalue weighted by molar-refractivity contribution is 7.98. The number of anilines is 1. The van der Waals surface area contributed by atoms with E-state index in [1.54, 1.807) is 0 Å². The summed E-state index contributed by atoms with van der Waals surface area (Å²) in [6.07, 6.45) is 3.89. The van der Waals surface area contributed by atoms with Crippen LogP contribution in [0.5, 0.6) is 0 Å². The number of hydrogen-bond acceptors (Lipinski definition) is 6.